The van der Waals surface area contributed by atoms with E-state index in [1.54, 1.807) is 24.3 Å². The summed E-state index contributed by atoms with van der Waals surface area (Å²) >= 11 is 6.22. The molecule has 0 saturated carbocycles. The molecule has 0 saturated heterocycles. The van der Waals surface area contributed by atoms with Crippen LogP contribution in [0.2, 0.25) is 0 Å². The topological polar surface area (TPSA) is 59.2 Å². The van der Waals surface area contributed by atoms with Crippen LogP contribution in [0.15, 0.2) is 53.1 Å². The van der Waals surface area contributed by atoms with Crippen LogP contribution >= 0.6 is 11.6 Å². The highest BCUT2D eigenvalue weighted by Crippen LogP contribution is 2.25. The van der Waals surface area contributed by atoms with E-state index in [0.717, 1.165) is 17.5 Å². The second kappa shape index (κ2) is 6.67. The average Bonchev–Trinajstić information content (AvgIpc) is 3.05. The van der Waals surface area contributed by atoms with Crippen molar-refractivity contribution in [1.82, 2.24) is 10.1 Å². The Balaban J connectivity index is 1.85. The number of aryl methyl sites for hydroxylation is 1. The molecule has 0 bridgehead atoms. The Labute approximate surface area is 139 Å². The van der Waals surface area contributed by atoms with Gasteiger partial charge in [-0.3, -0.25) is 0 Å². The Morgan fingerprint density at radius 2 is 2.00 bits per heavy atom. The summed E-state index contributed by atoms with van der Waals surface area (Å²) in [6, 6.07) is 14.7. The lowest BCUT2D eigenvalue weighted by Crippen LogP contribution is -1.84. The molecular weight excluding hydrogens is 312 g/mol. The van der Waals surface area contributed by atoms with Gasteiger partial charge in [0.15, 0.2) is 0 Å². The number of rotatable bonds is 4. The fourth-order valence-corrected chi connectivity index (χ4v) is 2.35. The molecule has 0 atom stereocenters. The van der Waals surface area contributed by atoms with E-state index >= 15 is 0 Å². The molecule has 0 fully saturated rings. The predicted octanol–water partition coefficient (Wildman–Crippen LogP) is 4.74. The van der Waals surface area contributed by atoms with E-state index in [1.165, 1.54) is 5.56 Å². The molecule has 0 unspecified atom stereocenters. The summed E-state index contributed by atoms with van der Waals surface area (Å²) in [7, 11) is 0. The number of halogens is 1. The SMILES string of the molecule is CCc1ccc(-c2noc(/C(Cl)=C/c3cccc(O)c3)n2)cc1. The van der Waals surface area contributed by atoms with Gasteiger partial charge in [-0.1, -0.05) is 60.1 Å². The third kappa shape index (κ3) is 3.60. The van der Waals surface area contributed by atoms with Crippen molar-refractivity contribution >= 4 is 22.7 Å². The Bertz CT molecular complexity index is 838. The van der Waals surface area contributed by atoms with Gasteiger partial charge in [-0.05, 0) is 35.8 Å². The van der Waals surface area contributed by atoms with Crippen LogP contribution in [0.1, 0.15) is 23.9 Å². The zero-order valence-electron chi connectivity index (χ0n) is 12.5. The lowest BCUT2D eigenvalue weighted by atomic mass is 10.1. The Hall–Kier alpha value is -2.59. The van der Waals surface area contributed by atoms with Crippen molar-refractivity contribution in [3.05, 3.63) is 65.5 Å². The molecule has 0 aliphatic carbocycles. The molecule has 1 heterocycles. The third-order valence-electron chi connectivity index (χ3n) is 3.41. The fraction of sp³-hybridized carbons (Fsp3) is 0.111. The summed E-state index contributed by atoms with van der Waals surface area (Å²) in [6.07, 6.45) is 2.65. The number of phenolic OH excluding ortho intramolecular Hbond substituents is 1. The molecular formula is C18H15ClN2O2. The number of hydrogen-bond donors (Lipinski definition) is 1. The highest BCUT2D eigenvalue weighted by molar-refractivity contribution is 6.50. The van der Waals surface area contributed by atoms with Crippen LogP contribution in [0.25, 0.3) is 22.5 Å². The van der Waals surface area contributed by atoms with Gasteiger partial charge in [-0.15, -0.1) is 0 Å². The van der Waals surface area contributed by atoms with Gasteiger partial charge in [0.25, 0.3) is 5.89 Å². The maximum atomic E-state index is 9.47. The van der Waals surface area contributed by atoms with Gasteiger partial charge in [0.05, 0.1) is 0 Å². The summed E-state index contributed by atoms with van der Waals surface area (Å²) in [5.41, 5.74) is 2.88. The normalized spacial score (nSPS) is 11.7. The number of aromatic hydroxyl groups is 1. The van der Waals surface area contributed by atoms with Crippen molar-refractivity contribution in [2.75, 3.05) is 0 Å². The molecule has 0 radical (unpaired) electrons. The number of nitrogens with zero attached hydrogens (tertiary/aromatic N) is 2. The van der Waals surface area contributed by atoms with Gasteiger partial charge in [0, 0.05) is 5.56 Å². The Morgan fingerprint density at radius 3 is 2.70 bits per heavy atom. The lowest BCUT2D eigenvalue weighted by Gasteiger charge is -1.97. The van der Waals surface area contributed by atoms with Gasteiger partial charge < -0.3 is 9.63 Å². The van der Waals surface area contributed by atoms with Gasteiger partial charge in [0.1, 0.15) is 10.8 Å². The summed E-state index contributed by atoms with van der Waals surface area (Å²) < 4.78 is 5.22. The third-order valence-corrected chi connectivity index (χ3v) is 3.69. The van der Waals surface area contributed by atoms with Crippen LogP contribution in [-0.2, 0) is 6.42 Å². The molecule has 3 rings (SSSR count). The largest absolute Gasteiger partial charge is 0.508 e. The molecule has 1 N–H and O–H groups in total. The van der Waals surface area contributed by atoms with Gasteiger partial charge in [0.2, 0.25) is 5.82 Å². The van der Waals surface area contributed by atoms with Crippen LogP contribution in [-0.4, -0.2) is 15.2 Å². The maximum Gasteiger partial charge on any atom is 0.269 e. The van der Waals surface area contributed by atoms with Crippen molar-refractivity contribution in [2.24, 2.45) is 0 Å². The Morgan fingerprint density at radius 1 is 1.22 bits per heavy atom. The molecule has 0 spiro atoms. The predicted molar refractivity (Wildman–Crippen MR) is 90.9 cm³/mol. The fourth-order valence-electron chi connectivity index (χ4n) is 2.15. The van der Waals surface area contributed by atoms with Crippen LogP contribution in [0.3, 0.4) is 0 Å². The summed E-state index contributed by atoms with van der Waals surface area (Å²) in [6.45, 7) is 2.10. The maximum absolute atomic E-state index is 9.47. The standard InChI is InChI=1S/C18H15ClN2O2/c1-2-12-6-8-14(9-7-12)17-20-18(23-21-17)16(19)11-13-4-3-5-15(22)10-13/h3-11,22H,2H2,1H3/b16-11-. The highest BCUT2D eigenvalue weighted by atomic mass is 35.5. The van der Waals surface area contributed by atoms with Crippen LogP contribution in [0, 0.1) is 0 Å². The molecule has 2 aromatic carbocycles. The van der Waals surface area contributed by atoms with Crippen molar-refractivity contribution in [1.29, 1.82) is 0 Å². The van der Waals surface area contributed by atoms with Gasteiger partial charge in [-0.25, -0.2) is 0 Å². The lowest BCUT2D eigenvalue weighted by molar-refractivity contribution is 0.410. The van der Waals surface area contributed by atoms with Crippen LogP contribution < -0.4 is 0 Å². The van der Waals surface area contributed by atoms with Crippen molar-refractivity contribution in [3.8, 4) is 17.1 Å². The monoisotopic (exact) mass is 326 g/mol. The second-order valence-corrected chi connectivity index (χ2v) is 5.47. The van der Waals surface area contributed by atoms with E-state index in [4.69, 9.17) is 16.1 Å². The first kappa shape index (κ1) is 15.3. The van der Waals surface area contributed by atoms with Crippen molar-refractivity contribution < 1.29 is 9.63 Å². The molecule has 23 heavy (non-hydrogen) atoms. The summed E-state index contributed by atoms with van der Waals surface area (Å²) in [4.78, 5) is 4.31. The number of phenols is 1. The van der Waals surface area contributed by atoms with Crippen LogP contribution in [0.4, 0.5) is 0 Å². The molecule has 5 heteroatoms. The summed E-state index contributed by atoms with van der Waals surface area (Å²) in [5, 5.41) is 13.7. The van der Waals surface area contributed by atoms with E-state index in [1.807, 2.05) is 30.3 Å². The second-order valence-electron chi connectivity index (χ2n) is 5.06. The molecule has 4 nitrogen and oxygen atoms in total. The number of benzene rings is 2. The van der Waals surface area contributed by atoms with E-state index in [-0.39, 0.29) is 11.6 Å². The first-order valence-electron chi connectivity index (χ1n) is 7.25. The smallest absolute Gasteiger partial charge is 0.269 e. The minimum Gasteiger partial charge on any atom is -0.508 e. The minimum atomic E-state index is 0.172. The quantitative estimate of drug-likeness (QED) is 0.752. The minimum absolute atomic E-state index is 0.172. The molecule has 0 amide bonds. The summed E-state index contributed by atoms with van der Waals surface area (Å²) in [5.74, 6) is 0.903. The zero-order valence-corrected chi connectivity index (χ0v) is 13.3. The molecule has 0 aliphatic rings. The first-order valence-corrected chi connectivity index (χ1v) is 7.63. The molecule has 1 aromatic heterocycles. The molecule has 3 aromatic rings. The van der Waals surface area contributed by atoms with Crippen LogP contribution in [0.5, 0.6) is 5.75 Å². The zero-order chi connectivity index (χ0) is 16.2. The van der Waals surface area contributed by atoms with Crippen molar-refractivity contribution in [3.63, 3.8) is 0 Å². The average molecular weight is 327 g/mol. The van der Waals surface area contributed by atoms with Gasteiger partial charge >= 0.3 is 0 Å². The Kier molecular flexibility index (Phi) is 4.44. The van der Waals surface area contributed by atoms with Gasteiger partial charge in [-0.2, -0.15) is 4.98 Å². The highest BCUT2D eigenvalue weighted by Gasteiger charge is 2.11. The molecule has 116 valence electrons. The first-order chi connectivity index (χ1) is 11.2. The van der Waals surface area contributed by atoms with E-state index in [9.17, 15) is 5.11 Å². The van der Waals surface area contributed by atoms with E-state index < -0.39 is 0 Å². The van der Waals surface area contributed by atoms with E-state index in [2.05, 4.69) is 17.1 Å². The van der Waals surface area contributed by atoms with E-state index in [0.29, 0.717) is 10.9 Å². The van der Waals surface area contributed by atoms with Crippen molar-refractivity contribution in [2.45, 2.75) is 13.3 Å². The number of aromatic nitrogens is 2. The number of hydrogen-bond acceptors (Lipinski definition) is 4. The molecule has 0 aliphatic heterocycles.